The fourth-order valence-corrected chi connectivity index (χ4v) is 3.87. The smallest absolute Gasteiger partial charge is 0.124 e. The molecule has 1 aromatic heterocycles. The van der Waals surface area contributed by atoms with Crippen molar-refractivity contribution in [2.45, 2.75) is 17.3 Å². The molecule has 0 unspecified atom stereocenters. The predicted octanol–water partition coefficient (Wildman–Crippen LogP) is 4.07. The number of rotatable bonds is 1. The molecule has 1 aliphatic rings. The summed E-state index contributed by atoms with van der Waals surface area (Å²) in [6.45, 7) is 0.0465. The molecule has 0 fully saturated rings. The molecule has 0 saturated carbocycles. The minimum atomic E-state index is -0.196. The summed E-state index contributed by atoms with van der Waals surface area (Å²) in [5, 5.41) is 10.4. The average molecular weight is 285 g/mol. The molecule has 2 N–H and O–H groups in total. The van der Waals surface area contributed by atoms with Crippen molar-refractivity contribution < 1.29 is 9.50 Å². The van der Waals surface area contributed by atoms with Crippen LogP contribution in [0.5, 0.6) is 0 Å². The Morgan fingerprint density at radius 3 is 2.95 bits per heavy atom. The van der Waals surface area contributed by atoms with Crippen LogP contribution in [-0.4, -0.2) is 10.1 Å². The quantitative estimate of drug-likeness (QED) is 0.707. The molecule has 0 aliphatic carbocycles. The largest absolute Gasteiger partial charge is 0.392 e. The van der Waals surface area contributed by atoms with Crippen molar-refractivity contribution in [1.82, 2.24) is 4.98 Å². The van der Waals surface area contributed by atoms with Crippen LogP contribution in [0.3, 0.4) is 0 Å². The van der Waals surface area contributed by atoms with E-state index in [9.17, 15) is 9.50 Å². The summed E-state index contributed by atoms with van der Waals surface area (Å²) in [6, 6.07) is 10.9. The second-order valence-corrected chi connectivity index (χ2v) is 5.96. The van der Waals surface area contributed by atoms with E-state index in [0.29, 0.717) is 0 Å². The van der Waals surface area contributed by atoms with Crippen molar-refractivity contribution in [3.63, 3.8) is 0 Å². The Kier molecular flexibility index (Phi) is 2.62. The summed E-state index contributed by atoms with van der Waals surface area (Å²) < 4.78 is 13.3. The number of fused-ring (bicyclic) bond motifs is 5. The standard InChI is InChI=1S/C16H12FNOS/c17-10-2-3-11-15(6-10)20-8-13-12-5-9(7-19)1-4-14(12)18-16(11)13/h1-6,18-19H,7-8H2. The van der Waals surface area contributed by atoms with E-state index in [2.05, 4.69) is 4.98 Å². The molecule has 2 heterocycles. The van der Waals surface area contributed by atoms with Crippen LogP contribution in [0.2, 0.25) is 0 Å². The Balaban J connectivity index is 1.99. The highest BCUT2D eigenvalue weighted by Gasteiger charge is 2.21. The molecule has 2 aromatic carbocycles. The van der Waals surface area contributed by atoms with E-state index >= 15 is 0 Å². The van der Waals surface area contributed by atoms with Gasteiger partial charge in [-0.05, 0) is 41.5 Å². The third-order valence-electron chi connectivity index (χ3n) is 3.74. The molecule has 0 amide bonds. The second kappa shape index (κ2) is 4.36. The van der Waals surface area contributed by atoms with E-state index in [1.54, 1.807) is 17.8 Å². The van der Waals surface area contributed by atoms with Gasteiger partial charge >= 0.3 is 0 Å². The number of benzene rings is 2. The maximum Gasteiger partial charge on any atom is 0.124 e. The molecule has 1 aliphatic heterocycles. The fourth-order valence-electron chi connectivity index (χ4n) is 2.75. The van der Waals surface area contributed by atoms with Crippen LogP contribution in [0.4, 0.5) is 4.39 Å². The fraction of sp³-hybridized carbons (Fsp3) is 0.125. The summed E-state index contributed by atoms with van der Waals surface area (Å²) >= 11 is 1.66. The number of hydrogen-bond acceptors (Lipinski definition) is 2. The van der Waals surface area contributed by atoms with Crippen molar-refractivity contribution in [2.24, 2.45) is 0 Å². The van der Waals surface area contributed by atoms with E-state index in [4.69, 9.17) is 0 Å². The van der Waals surface area contributed by atoms with E-state index in [1.807, 2.05) is 24.3 Å². The van der Waals surface area contributed by atoms with Gasteiger partial charge in [-0.15, -0.1) is 11.8 Å². The lowest BCUT2D eigenvalue weighted by molar-refractivity contribution is 0.282. The molecule has 0 bridgehead atoms. The molecule has 20 heavy (non-hydrogen) atoms. The molecular weight excluding hydrogens is 273 g/mol. The Morgan fingerprint density at radius 2 is 2.10 bits per heavy atom. The van der Waals surface area contributed by atoms with Crippen LogP contribution in [0.15, 0.2) is 41.3 Å². The van der Waals surface area contributed by atoms with Gasteiger partial charge in [0.1, 0.15) is 5.82 Å². The number of H-pyrrole nitrogens is 1. The summed E-state index contributed by atoms with van der Waals surface area (Å²) in [6.07, 6.45) is 0. The zero-order chi connectivity index (χ0) is 13.7. The number of aromatic nitrogens is 1. The van der Waals surface area contributed by atoms with Crippen LogP contribution in [0.1, 0.15) is 11.1 Å². The molecule has 0 radical (unpaired) electrons. The monoisotopic (exact) mass is 285 g/mol. The first-order valence-corrected chi connectivity index (χ1v) is 7.42. The lowest BCUT2D eigenvalue weighted by atomic mass is 10.0. The number of hydrogen-bond donors (Lipinski definition) is 2. The third kappa shape index (κ3) is 1.69. The van der Waals surface area contributed by atoms with Gasteiger partial charge in [0.15, 0.2) is 0 Å². The van der Waals surface area contributed by atoms with Crippen molar-refractivity contribution in [1.29, 1.82) is 0 Å². The Hall–Kier alpha value is -1.78. The van der Waals surface area contributed by atoms with Crippen molar-refractivity contribution in [3.8, 4) is 11.3 Å². The van der Waals surface area contributed by atoms with Gasteiger partial charge in [-0.25, -0.2) is 4.39 Å². The molecule has 4 heteroatoms. The molecular formula is C16H12FNOS. The van der Waals surface area contributed by atoms with E-state index in [-0.39, 0.29) is 12.4 Å². The number of nitrogens with one attached hydrogen (secondary N) is 1. The first-order chi connectivity index (χ1) is 9.76. The highest BCUT2D eigenvalue weighted by Crippen LogP contribution is 2.44. The van der Waals surface area contributed by atoms with Crippen LogP contribution in [-0.2, 0) is 12.4 Å². The second-order valence-electron chi connectivity index (χ2n) is 4.95. The molecule has 0 saturated heterocycles. The lowest BCUT2D eigenvalue weighted by Gasteiger charge is -2.16. The summed E-state index contributed by atoms with van der Waals surface area (Å²) in [7, 11) is 0. The zero-order valence-corrected chi connectivity index (χ0v) is 11.4. The maximum absolute atomic E-state index is 13.3. The Bertz CT molecular complexity index is 825. The van der Waals surface area contributed by atoms with Gasteiger partial charge in [0, 0.05) is 27.1 Å². The molecule has 2 nitrogen and oxygen atoms in total. The number of aliphatic hydroxyl groups excluding tert-OH is 1. The number of aromatic amines is 1. The van der Waals surface area contributed by atoms with Gasteiger partial charge < -0.3 is 10.1 Å². The Labute approximate surface area is 119 Å². The normalized spacial score (nSPS) is 13.3. The van der Waals surface area contributed by atoms with Gasteiger partial charge in [0.2, 0.25) is 0 Å². The minimum absolute atomic E-state index is 0.0465. The molecule has 0 spiro atoms. The SMILES string of the molecule is OCc1ccc2[nH]c3c(c2c1)CSc1cc(F)ccc1-3. The number of halogens is 1. The maximum atomic E-state index is 13.3. The van der Waals surface area contributed by atoms with E-state index in [1.165, 1.54) is 11.6 Å². The van der Waals surface area contributed by atoms with Crippen molar-refractivity contribution in [2.75, 3.05) is 0 Å². The molecule has 4 rings (SSSR count). The van der Waals surface area contributed by atoms with Crippen LogP contribution >= 0.6 is 11.8 Å². The highest BCUT2D eigenvalue weighted by molar-refractivity contribution is 7.98. The average Bonchev–Trinajstić information content (AvgIpc) is 2.84. The van der Waals surface area contributed by atoms with Crippen LogP contribution in [0, 0.1) is 5.82 Å². The molecule has 0 atom stereocenters. The topological polar surface area (TPSA) is 36.0 Å². The lowest BCUT2D eigenvalue weighted by Crippen LogP contribution is -1.95. The summed E-state index contributed by atoms with van der Waals surface area (Å²) in [4.78, 5) is 4.40. The van der Waals surface area contributed by atoms with Crippen LogP contribution in [0.25, 0.3) is 22.2 Å². The van der Waals surface area contributed by atoms with E-state index < -0.39 is 0 Å². The third-order valence-corrected chi connectivity index (χ3v) is 4.82. The molecule has 3 aromatic rings. The van der Waals surface area contributed by atoms with Crippen molar-refractivity contribution in [3.05, 3.63) is 53.3 Å². The Morgan fingerprint density at radius 1 is 1.20 bits per heavy atom. The number of aliphatic hydroxyl groups is 1. The van der Waals surface area contributed by atoms with Gasteiger partial charge in [-0.1, -0.05) is 6.07 Å². The summed E-state index contributed by atoms with van der Waals surface area (Å²) in [5.74, 6) is 0.624. The van der Waals surface area contributed by atoms with Gasteiger partial charge in [-0.3, -0.25) is 0 Å². The van der Waals surface area contributed by atoms with Crippen LogP contribution < -0.4 is 0 Å². The number of thioether (sulfide) groups is 1. The minimum Gasteiger partial charge on any atom is -0.392 e. The van der Waals surface area contributed by atoms with Gasteiger partial charge in [0.05, 0.1) is 12.3 Å². The highest BCUT2D eigenvalue weighted by atomic mass is 32.2. The molecule has 100 valence electrons. The van der Waals surface area contributed by atoms with Gasteiger partial charge in [-0.2, -0.15) is 0 Å². The first-order valence-electron chi connectivity index (χ1n) is 6.43. The van der Waals surface area contributed by atoms with Gasteiger partial charge in [0.25, 0.3) is 0 Å². The van der Waals surface area contributed by atoms with E-state index in [0.717, 1.165) is 38.4 Å². The predicted molar refractivity (Wildman–Crippen MR) is 79.2 cm³/mol. The zero-order valence-electron chi connectivity index (χ0n) is 10.6. The first kappa shape index (κ1) is 12.0. The summed E-state index contributed by atoms with van der Waals surface area (Å²) in [5.41, 5.74) is 5.34. The van der Waals surface area contributed by atoms with Crippen molar-refractivity contribution >= 4 is 22.7 Å².